The van der Waals surface area contributed by atoms with Crippen LogP contribution in [0.15, 0.2) is 17.2 Å². The molecule has 0 aromatic carbocycles. The van der Waals surface area contributed by atoms with Crippen molar-refractivity contribution in [2.24, 2.45) is 0 Å². The fourth-order valence-electron chi connectivity index (χ4n) is 1.56. The van der Waals surface area contributed by atoms with Crippen molar-refractivity contribution < 1.29 is 0 Å². The predicted octanol–water partition coefficient (Wildman–Crippen LogP) is 1.67. The monoisotopic (exact) mass is 243 g/mol. The minimum atomic E-state index is -0.254. The lowest BCUT2D eigenvalue weighted by atomic mass is 10.2. The molecule has 0 spiro atoms. The number of nitrogens with zero attached hydrogens (tertiary/aromatic N) is 2. The molecule has 90 valence electrons. The average Bonchev–Trinajstić information content (AvgIpc) is 2.29. The van der Waals surface area contributed by atoms with Crippen LogP contribution in [0.1, 0.15) is 26.7 Å². The normalized spacial score (nSPS) is 11.0. The van der Waals surface area contributed by atoms with Gasteiger partial charge in [0.2, 0.25) is 0 Å². The highest BCUT2D eigenvalue weighted by Crippen LogP contribution is 2.01. The molecule has 0 aliphatic carbocycles. The minimum absolute atomic E-state index is 0.254. The first-order valence-corrected chi connectivity index (χ1v) is 6.00. The topological polar surface area (TPSA) is 46.9 Å². The van der Waals surface area contributed by atoms with Crippen molar-refractivity contribution in [2.45, 2.75) is 39.3 Å². The van der Waals surface area contributed by atoms with Gasteiger partial charge in [-0.15, -0.1) is 0 Å². The lowest BCUT2D eigenvalue weighted by Crippen LogP contribution is -2.33. The Balaban J connectivity index is 2.48. The molecular formula is C11H18ClN3O. The zero-order valence-corrected chi connectivity index (χ0v) is 10.5. The maximum atomic E-state index is 11.4. The maximum absolute atomic E-state index is 11.4. The van der Waals surface area contributed by atoms with E-state index >= 15 is 0 Å². The van der Waals surface area contributed by atoms with Crippen LogP contribution in [0.3, 0.4) is 0 Å². The van der Waals surface area contributed by atoms with E-state index in [0.29, 0.717) is 17.6 Å². The molecule has 1 rings (SSSR count). The Morgan fingerprint density at radius 3 is 2.81 bits per heavy atom. The summed E-state index contributed by atoms with van der Waals surface area (Å²) in [6.45, 7) is 5.65. The summed E-state index contributed by atoms with van der Waals surface area (Å²) in [5.41, 5.74) is -0.254. The molecule has 1 heterocycles. The molecule has 0 saturated carbocycles. The first-order chi connectivity index (χ1) is 7.67. The third-order valence-electron chi connectivity index (χ3n) is 2.59. The molecular weight excluding hydrogens is 226 g/mol. The van der Waals surface area contributed by atoms with Crippen LogP contribution in [0.25, 0.3) is 0 Å². The van der Waals surface area contributed by atoms with Crippen LogP contribution in [0.5, 0.6) is 0 Å². The van der Waals surface area contributed by atoms with Gasteiger partial charge < -0.3 is 5.32 Å². The molecule has 0 fully saturated rings. The summed E-state index contributed by atoms with van der Waals surface area (Å²) in [5.74, 6) is 0. The molecule has 0 atom stereocenters. The molecule has 1 aromatic heterocycles. The molecule has 5 heteroatoms. The molecule has 16 heavy (non-hydrogen) atoms. The highest BCUT2D eigenvalue weighted by Gasteiger charge is 2.02. The molecule has 0 radical (unpaired) electrons. The molecule has 0 saturated heterocycles. The quantitative estimate of drug-likeness (QED) is 0.827. The second kappa shape index (κ2) is 6.66. The fraction of sp³-hybridized carbons (Fsp3) is 0.636. The van der Waals surface area contributed by atoms with Crippen molar-refractivity contribution in [3.63, 3.8) is 0 Å². The van der Waals surface area contributed by atoms with Crippen molar-refractivity contribution >= 4 is 11.6 Å². The standard InChI is InChI=1S/C11H18ClN3O/c1-3-10(4-2)13-5-6-15-8-9(12)7-14-11(15)16/h7-8,10,13H,3-6H2,1-2H3. The van der Waals surface area contributed by atoms with E-state index in [0.717, 1.165) is 19.4 Å². The molecule has 1 aromatic rings. The Bertz CT molecular complexity index is 374. The summed E-state index contributed by atoms with van der Waals surface area (Å²) in [4.78, 5) is 15.0. The molecule has 0 aliphatic heterocycles. The highest BCUT2D eigenvalue weighted by molar-refractivity contribution is 6.30. The molecule has 1 N–H and O–H groups in total. The first kappa shape index (κ1) is 13.2. The van der Waals surface area contributed by atoms with E-state index in [9.17, 15) is 4.79 Å². The third-order valence-corrected chi connectivity index (χ3v) is 2.79. The SMILES string of the molecule is CCC(CC)NCCn1cc(Cl)cnc1=O. The summed E-state index contributed by atoms with van der Waals surface area (Å²) in [5, 5.41) is 3.87. The predicted molar refractivity (Wildman–Crippen MR) is 65.9 cm³/mol. The van der Waals surface area contributed by atoms with Gasteiger partial charge in [0, 0.05) is 25.3 Å². The lowest BCUT2D eigenvalue weighted by Gasteiger charge is -2.14. The van der Waals surface area contributed by atoms with E-state index in [4.69, 9.17) is 11.6 Å². The van der Waals surface area contributed by atoms with Gasteiger partial charge in [0.1, 0.15) is 0 Å². The van der Waals surface area contributed by atoms with Gasteiger partial charge >= 0.3 is 5.69 Å². The van der Waals surface area contributed by atoms with Crippen LogP contribution in [0.4, 0.5) is 0 Å². The molecule has 0 aliphatic rings. The van der Waals surface area contributed by atoms with E-state index in [2.05, 4.69) is 24.1 Å². The van der Waals surface area contributed by atoms with E-state index in [1.54, 1.807) is 6.20 Å². The van der Waals surface area contributed by atoms with Crippen molar-refractivity contribution in [3.05, 3.63) is 27.9 Å². The van der Waals surface area contributed by atoms with Crippen molar-refractivity contribution in [2.75, 3.05) is 6.54 Å². The zero-order valence-electron chi connectivity index (χ0n) is 9.74. The van der Waals surface area contributed by atoms with Gasteiger partial charge in [-0.2, -0.15) is 0 Å². The van der Waals surface area contributed by atoms with Crippen molar-refractivity contribution in [3.8, 4) is 0 Å². The average molecular weight is 244 g/mol. The van der Waals surface area contributed by atoms with E-state index < -0.39 is 0 Å². The molecule has 0 amide bonds. The van der Waals surface area contributed by atoms with Gasteiger partial charge in [-0.1, -0.05) is 25.4 Å². The van der Waals surface area contributed by atoms with Crippen LogP contribution >= 0.6 is 11.6 Å². The van der Waals surface area contributed by atoms with Crippen molar-refractivity contribution in [1.82, 2.24) is 14.9 Å². The summed E-state index contributed by atoms with van der Waals surface area (Å²) >= 11 is 5.77. The second-order valence-electron chi connectivity index (χ2n) is 3.72. The largest absolute Gasteiger partial charge is 0.347 e. The number of hydrogen-bond acceptors (Lipinski definition) is 3. The number of hydrogen-bond donors (Lipinski definition) is 1. The van der Waals surface area contributed by atoms with Crippen LogP contribution in [0.2, 0.25) is 5.02 Å². The number of nitrogens with one attached hydrogen (secondary N) is 1. The van der Waals surface area contributed by atoms with E-state index in [-0.39, 0.29) is 5.69 Å². The second-order valence-corrected chi connectivity index (χ2v) is 4.15. The van der Waals surface area contributed by atoms with Gasteiger partial charge in [0.15, 0.2) is 0 Å². The third kappa shape index (κ3) is 3.94. The number of halogens is 1. The van der Waals surface area contributed by atoms with Crippen LogP contribution in [0, 0.1) is 0 Å². The Morgan fingerprint density at radius 1 is 1.50 bits per heavy atom. The maximum Gasteiger partial charge on any atom is 0.347 e. The van der Waals surface area contributed by atoms with Gasteiger partial charge in [0.25, 0.3) is 0 Å². The van der Waals surface area contributed by atoms with Gasteiger partial charge in [-0.05, 0) is 12.8 Å². The Morgan fingerprint density at radius 2 is 2.19 bits per heavy atom. The molecule has 0 bridgehead atoms. The molecule has 0 unspecified atom stereocenters. The smallest absolute Gasteiger partial charge is 0.312 e. The Hall–Kier alpha value is -0.870. The minimum Gasteiger partial charge on any atom is -0.312 e. The first-order valence-electron chi connectivity index (χ1n) is 5.62. The summed E-state index contributed by atoms with van der Waals surface area (Å²) in [6, 6.07) is 0.517. The van der Waals surface area contributed by atoms with E-state index in [1.807, 2.05) is 0 Å². The lowest BCUT2D eigenvalue weighted by molar-refractivity contribution is 0.461. The zero-order chi connectivity index (χ0) is 12.0. The number of aromatic nitrogens is 2. The Kier molecular flexibility index (Phi) is 5.49. The molecule has 4 nitrogen and oxygen atoms in total. The Labute approximate surface area is 101 Å². The fourth-order valence-corrected chi connectivity index (χ4v) is 1.72. The van der Waals surface area contributed by atoms with Crippen LogP contribution in [-0.4, -0.2) is 22.1 Å². The van der Waals surface area contributed by atoms with Crippen molar-refractivity contribution in [1.29, 1.82) is 0 Å². The van der Waals surface area contributed by atoms with Gasteiger partial charge in [-0.25, -0.2) is 9.78 Å². The summed E-state index contributed by atoms with van der Waals surface area (Å²) in [7, 11) is 0. The highest BCUT2D eigenvalue weighted by atomic mass is 35.5. The summed E-state index contributed by atoms with van der Waals surface area (Å²) in [6.07, 6.45) is 5.18. The summed E-state index contributed by atoms with van der Waals surface area (Å²) < 4.78 is 1.53. The van der Waals surface area contributed by atoms with Gasteiger partial charge in [-0.3, -0.25) is 4.57 Å². The van der Waals surface area contributed by atoms with Crippen LogP contribution < -0.4 is 11.0 Å². The van der Waals surface area contributed by atoms with Gasteiger partial charge in [0.05, 0.1) is 11.2 Å². The van der Waals surface area contributed by atoms with E-state index in [1.165, 1.54) is 10.8 Å². The number of rotatable bonds is 6. The van der Waals surface area contributed by atoms with Crippen LogP contribution in [-0.2, 0) is 6.54 Å².